The maximum Gasteiger partial charge on any atom is 0.341 e. The molecule has 1 fully saturated rings. The number of carbonyl (C=O) groups is 1. The number of benzene rings is 1. The predicted molar refractivity (Wildman–Crippen MR) is 91.1 cm³/mol. The molecule has 6 nitrogen and oxygen atoms in total. The molecule has 0 amide bonds. The molecule has 126 valence electrons. The third-order valence-corrected chi connectivity index (χ3v) is 4.57. The van der Waals surface area contributed by atoms with Gasteiger partial charge in [0.15, 0.2) is 5.75 Å². The van der Waals surface area contributed by atoms with Gasteiger partial charge < -0.3 is 19.7 Å². The van der Waals surface area contributed by atoms with Crippen LogP contribution in [-0.2, 0) is 6.54 Å². The minimum atomic E-state index is -1.35. The lowest BCUT2D eigenvalue weighted by Gasteiger charge is -2.28. The van der Waals surface area contributed by atoms with Crippen LogP contribution in [0, 0.1) is 0 Å². The highest BCUT2D eigenvalue weighted by atomic mass is 35.5. The monoisotopic (exact) mass is 348 g/mol. The van der Waals surface area contributed by atoms with Gasteiger partial charge in [-0.2, -0.15) is 0 Å². The minimum Gasteiger partial charge on any atom is -0.503 e. The van der Waals surface area contributed by atoms with Crippen LogP contribution in [0.3, 0.4) is 0 Å². The Bertz CT molecular complexity index is 834. The van der Waals surface area contributed by atoms with Crippen molar-refractivity contribution in [2.24, 2.45) is 0 Å². The molecule has 0 spiro atoms. The molecule has 7 heteroatoms. The lowest BCUT2D eigenvalue weighted by atomic mass is 10.2. The van der Waals surface area contributed by atoms with E-state index in [4.69, 9.17) is 16.7 Å². The van der Waals surface area contributed by atoms with Crippen LogP contribution in [0.15, 0.2) is 41.5 Å². The Labute approximate surface area is 143 Å². The summed E-state index contributed by atoms with van der Waals surface area (Å²) in [5, 5.41) is 19.5. The SMILES string of the molecule is O=C(O)c1cn(C[C@@H]2CCCN2c2ccccc2Cl)cc(O)c1=O. The lowest BCUT2D eigenvalue weighted by molar-refractivity contribution is 0.0693. The normalized spacial score (nSPS) is 17.2. The van der Waals surface area contributed by atoms with Gasteiger partial charge in [-0.3, -0.25) is 4.79 Å². The van der Waals surface area contributed by atoms with Gasteiger partial charge in [0.05, 0.1) is 10.7 Å². The molecule has 3 rings (SSSR count). The number of carboxylic acids is 1. The van der Waals surface area contributed by atoms with Gasteiger partial charge in [0, 0.05) is 31.5 Å². The highest BCUT2D eigenvalue weighted by Gasteiger charge is 2.26. The summed E-state index contributed by atoms with van der Waals surface area (Å²) in [5.41, 5.74) is -0.365. The van der Waals surface area contributed by atoms with Crippen LogP contribution < -0.4 is 10.3 Å². The van der Waals surface area contributed by atoms with E-state index in [0.717, 1.165) is 25.1 Å². The second-order valence-electron chi connectivity index (χ2n) is 5.83. The number of halogens is 1. The number of aromatic carboxylic acids is 1. The van der Waals surface area contributed by atoms with E-state index in [0.29, 0.717) is 11.6 Å². The van der Waals surface area contributed by atoms with E-state index < -0.39 is 22.7 Å². The Morgan fingerprint density at radius 1 is 1.29 bits per heavy atom. The summed E-state index contributed by atoms with van der Waals surface area (Å²) in [6, 6.07) is 7.68. The Kier molecular flexibility index (Phi) is 4.49. The van der Waals surface area contributed by atoms with Gasteiger partial charge in [-0.25, -0.2) is 4.79 Å². The van der Waals surface area contributed by atoms with Gasteiger partial charge in [0.25, 0.3) is 0 Å². The van der Waals surface area contributed by atoms with E-state index in [9.17, 15) is 14.7 Å². The van der Waals surface area contributed by atoms with Gasteiger partial charge in [-0.1, -0.05) is 23.7 Å². The maximum atomic E-state index is 11.7. The van der Waals surface area contributed by atoms with Crippen LogP contribution in [0.5, 0.6) is 5.75 Å². The number of hydrogen-bond acceptors (Lipinski definition) is 4. The van der Waals surface area contributed by atoms with Crippen molar-refractivity contribution in [3.63, 3.8) is 0 Å². The first-order valence-electron chi connectivity index (χ1n) is 7.65. The summed E-state index contributed by atoms with van der Waals surface area (Å²) in [6.45, 7) is 1.31. The van der Waals surface area contributed by atoms with Crippen LogP contribution in [0.2, 0.25) is 5.02 Å². The van der Waals surface area contributed by atoms with Gasteiger partial charge >= 0.3 is 5.97 Å². The zero-order chi connectivity index (χ0) is 17.3. The number of rotatable bonds is 4. The maximum absolute atomic E-state index is 11.7. The topological polar surface area (TPSA) is 82.8 Å². The molecule has 1 aromatic heterocycles. The molecule has 0 aliphatic carbocycles. The van der Waals surface area contributed by atoms with Crippen LogP contribution >= 0.6 is 11.6 Å². The number of anilines is 1. The number of carboxylic acid groups (broad SMARTS) is 1. The summed E-state index contributed by atoms with van der Waals surface area (Å²) < 4.78 is 1.56. The highest BCUT2D eigenvalue weighted by Crippen LogP contribution is 2.32. The first-order valence-corrected chi connectivity index (χ1v) is 8.02. The Balaban J connectivity index is 1.89. The van der Waals surface area contributed by atoms with Crippen LogP contribution in [0.4, 0.5) is 5.69 Å². The van der Waals surface area contributed by atoms with E-state index in [-0.39, 0.29) is 6.04 Å². The second kappa shape index (κ2) is 6.57. The molecular formula is C17H17ClN2O4. The lowest BCUT2D eigenvalue weighted by Crippen LogP contribution is -2.33. The predicted octanol–water partition coefficient (Wildman–Crippen LogP) is 2.57. The van der Waals surface area contributed by atoms with Crippen LogP contribution in [0.1, 0.15) is 23.2 Å². The average Bonchev–Trinajstić information content (AvgIpc) is 2.98. The number of aromatic nitrogens is 1. The summed E-state index contributed by atoms with van der Waals surface area (Å²) in [4.78, 5) is 25.0. The molecule has 1 saturated heterocycles. The number of aromatic hydroxyl groups is 1. The van der Waals surface area contributed by atoms with Crippen molar-refractivity contribution in [2.75, 3.05) is 11.4 Å². The Morgan fingerprint density at radius 2 is 2.04 bits per heavy atom. The van der Waals surface area contributed by atoms with Gasteiger partial charge in [-0.15, -0.1) is 0 Å². The van der Waals surface area contributed by atoms with E-state index in [1.165, 1.54) is 12.4 Å². The van der Waals surface area contributed by atoms with Gasteiger partial charge in [-0.05, 0) is 25.0 Å². The van der Waals surface area contributed by atoms with Crippen LogP contribution in [-0.4, -0.2) is 33.3 Å². The summed E-state index contributed by atoms with van der Waals surface area (Å²) >= 11 is 6.28. The first-order chi connectivity index (χ1) is 11.5. The number of pyridine rings is 1. The molecule has 2 aromatic rings. The molecule has 2 heterocycles. The minimum absolute atomic E-state index is 0.105. The second-order valence-corrected chi connectivity index (χ2v) is 6.24. The molecule has 1 aromatic carbocycles. The largest absolute Gasteiger partial charge is 0.503 e. The van der Waals surface area contributed by atoms with Gasteiger partial charge in [0.1, 0.15) is 5.56 Å². The number of para-hydroxylation sites is 1. The zero-order valence-electron chi connectivity index (χ0n) is 12.9. The van der Waals surface area contributed by atoms with Crippen molar-refractivity contribution in [2.45, 2.75) is 25.4 Å². The first kappa shape index (κ1) is 16.4. The number of hydrogen-bond donors (Lipinski definition) is 2. The van der Waals surface area contributed by atoms with Crippen molar-refractivity contribution >= 4 is 23.3 Å². The molecule has 0 bridgehead atoms. The Morgan fingerprint density at radius 3 is 2.75 bits per heavy atom. The van der Waals surface area contributed by atoms with E-state index in [1.54, 1.807) is 4.57 Å². The third kappa shape index (κ3) is 3.10. The fourth-order valence-corrected chi connectivity index (χ4v) is 3.39. The highest BCUT2D eigenvalue weighted by molar-refractivity contribution is 6.33. The smallest absolute Gasteiger partial charge is 0.341 e. The fourth-order valence-electron chi connectivity index (χ4n) is 3.14. The van der Waals surface area contributed by atoms with Crippen LogP contribution in [0.25, 0.3) is 0 Å². The molecule has 1 aliphatic heterocycles. The molecule has 24 heavy (non-hydrogen) atoms. The molecule has 1 atom stereocenters. The van der Waals surface area contributed by atoms with Crippen molar-refractivity contribution in [3.05, 3.63) is 57.5 Å². The molecule has 1 aliphatic rings. The van der Waals surface area contributed by atoms with E-state index in [1.807, 2.05) is 24.3 Å². The molecular weight excluding hydrogens is 332 g/mol. The molecule has 2 N–H and O–H groups in total. The summed E-state index contributed by atoms with van der Waals surface area (Å²) in [6.07, 6.45) is 4.46. The quantitative estimate of drug-likeness (QED) is 0.887. The van der Waals surface area contributed by atoms with Gasteiger partial charge in [0.2, 0.25) is 5.43 Å². The summed E-state index contributed by atoms with van der Waals surface area (Å²) in [7, 11) is 0. The molecule has 0 unspecified atom stereocenters. The number of nitrogens with zero attached hydrogens (tertiary/aromatic N) is 2. The summed E-state index contributed by atoms with van der Waals surface area (Å²) in [5.74, 6) is -1.91. The van der Waals surface area contributed by atoms with Crippen molar-refractivity contribution in [1.82, 2.24) is 4.57 Å². The molecule has 0 saturated carbocycles. The van der Waals surface area contributed by atoms with Crippen molar-refractivity contribution in [3.8, 4) is 5.75 Å². The van der Waals surface area contributed by atoms with Crippen molar-refractivity contribution in [1.29, 1.82) is 0 Å². The molecule has 0 radical (unpaired) electrons. The standard InChI is InChI=1S/C17H17ClN2O4/c18-13-5-1-2-6-14(13)20-7-3-4-11(20)8-19-9-12(17(23)24)16(22)15(21)10-19/h1-2,5-6,9-11,21H,3-4,7-8H2,(H,23,24)/t11-/m0/s1. The Hall–Kier alpha value is -2.47. The third-order valence-electron chi connectivity index (χ3n) is 4.25. The van der Waals surface area contributed by atoms with Crippen molar-refractivity contribution < 1.29 is 15.0 Å². The van der Waals surface area contributed by atoms with E-state index >= 15 is 0 Å². The van der Waals surface area contributed by atoms with E-state index in [2.05, 4.69) is 4.90 Å². The fraction of sp³-hybridized carbons (Fsp3) is 0.294. The average molecular weight is 349 g/mol. The zero-order valence-corrected chi connectivity index (χ0v) is 13.6.